The molecular weight excluding hydrogens is 338 g/mol. The Labute approximate surface area is 140 Å². The van der Waals surface area contributed by atoms with Gasteiger partial charge in [-0.05, 0) is 25.1 Å². The van der Waals surface area contributed by atoms with Crippen LogP contribution in [0.4, 0.5) is 20.2 Å². The Morgan fingerprint density at radius 1 is 1.24 bits per heavy atom. The number of hydrogen-bond acceptors (Lipinski definition) is 5. The van der Waals surface area contributed by atoms with Gasteiger partial charge < -0.3 is 10.1 Å². The highest BCUT2D eigenvalue weighted by molar-refractivity contribution is 5.97. The first-order chi connectivity index (χ1) is 11.8. The minimum Gasteiger partial charge on any atom is -0.452 e. The van der Waals surface area contributed by atoms with Gasteiger partial charge in [0.05, 0.1) is 10.6 Å². The zero-order valence-electron chi connectivity index (χ0n) is 12.9. The molecule has 2 rings (SSSR count). The normalized spacial score (nSPS) is 10.2. The highest BCUT2D eigenvalue weighted by Gasteiger charge is 2.24. The molecule has 130 valence electrons. The lowest BCUT2D eigenvalue weighted by Crippen LogP contribution is -2.22. The summed E-state index contributed by atoms with van der Waals surface area (Å²) in [6.07, 6.45) is 0. The molecular formula is C16H12F2N2O5. The van der Waals surface area contributed by atoms with E-state index in [0.29, 0.717) is 0 Å². The third kappa shape index (κ3) is 4.34. The van der Waals surface area contributed by atoms with Crippen LogP contribution in [0.5, 0.6) is 0 Å². The maximum absolute atomic E-state index is 13.4. The molecule has 1 N–H and O–H groups in total. The number of ether oxygens (including phenoxy) is 1. The van der Waals surface area contributed by atoms with Crippen molar-refractivity contribution in [2.45, 2.75) is 6.92 Å². The van der Waals surface area contributed by atoms with Crippen LogP contribution in [0.2, 0.25) is 0 Å². The Morgan fingerprint density at radius 2 is 1.96 bits per heavy atom. The monoisotopic (exact) mass is 350 g/mol. The van der Waals surface area contributed by atoms with Crippen molar-refractivity contribution in [1.29, 1.82) is 0 Å². The predicted molar refractivity (Wildman–Crippen MR) is 83.1 cm³/mol. The molecule has 0 aliphatic rings. The summed E-state index contributed by atoms with van der Waals surface area (Å²) in [5, 5.41) is 13.1. The molecule has 9 heteroatoms. The van der Waals surface area contributed by atoms with Crippen LogP contribution in [0.25, 0.3) is 0 Å². The van der Waals surface area contributed by atoms with Crippen molar-refractivity contribution in [3.63, 3.8) is 0 Å². The Morgan fingerprint density at radius 3 is 2.64 bits per heavy atom. The molecule has 0 fully saturated rings. The van der Waals surface area contributed by atoms with Gasteiger partial charge >= 0.3 is 5.97 Å². The SMILES string of the molecule is Cc1cccc(C(=O)OCC(=O)Nc2cc(F)ccc2F)c1[N+](=O)[O-]. The van der Waals surface area contributed by atoms with Gasteiger partial charge in [0.1, 0.15) is 17.2 Å². The first kappa shape index (κ1) is 18.0. The molecule has 0 aliphatic heterocycles. The van der Waals surface area contributed by atoms with Gasteiger partial charge in [0.25, 0.3) is 11.6 Å². The fourth-order valence-electron chi connectivity index (χ4n) is 2.05. The Bertz CT molecular complexity index is 854. The second-order valence-electron chi connectivity index (χ2n) is 4.98. The standard InChI is InChI=1S/C16H12F2N2O5/c1-9-3-2-4-11(15(9)20(23)24)16(22)25-8-14(21)19-13-7-10(17)5-6-12(13)18/h2-7H,8H2,1H3,(H,19,21). The smallest absolute Gasteiger partial charge is 0.345 e. The zero-order chi connectivity index (χ0) is 18.6. The molecule has 2 aromatic carbocycles. The van der Waals surface area contributed by atoms with E-state index in [9.17, 15) is 28.5 Å². The fourth-order valence-corrected chi connectivity index (χ4v) is 2.05. The van der Waals surface area contributed by atoms with Gasteiger partial charge in [0.2, 0.25) is 0 Å². The maximum atomic E-state index is 13.4. The molecule has 0 heterocycles. The van der Waals surface area contributed by atoms with E-state index in [-0.39, 0.29) is 11.1 Å². The lowest BCUT2D eigenvalue weighted by molar-refractivity contribution is -0.385. The number of anilines is 1. The number of hydrogen-bond donors (Lipinski definition) is 1. The number of nitrogens with one attached hydrogen (secondary N) is 1. The van der Waals surface area contributed by atoms with Crippen molar-refractivity contribution in [2.24, 2.45) is 0 Å². The minimum atomic E-state index is -1.08. The molecule has 0 saturated carbocycles. The van der Waals surface area contributed by atoms with Crippen molar-refractivity contribution in [1.82, 2.24) is 0 Å². The molecule has 0 radical (unpaired) electrons. The second-order valence-corrected chi connectivity index (χ2v) is 4.98. The quantitative estimate of drug-likeness (QED) is 0.508. The number of benzene rings is 2. The van der Waals surface area contributed by atoms with Gasteiger partial charge in [-0.2, -0.15) is 0 Å². The highest BCUT2D eigenvalue weighted by Crippen LogP contribution is 2.23. The van der Waals surface area contributed by atoms with Crippen LogP contribution >= 0.6 is 0 Å². The number of nitro groups is 1. The summed E-state index contributed by atoms with van der Waals surface area (Å²) in [5.74, 6) is -3.63. The van der Waals surface area contributed by atoms with Crippen molar-refractivity contribution >= 4 is 23.3 Å². The average molecular weight is 350 g/mol. The second kappa shape index (κ2) is 7.47. The summed E-state index contributed by atoms with van der Waals surface area (Å²) in [6, 6.07) is 6.54. The molecule has 25 heavy (non-hydrogen) atoms. The topological polar surface area (TPSA) is 98.5 Å². The van der Waals surface area contributed by atoms with Crippen LogP contribution in [0.15, 0.2) is 36.4 Å². The summed E-state index contributed by atoms with van der Waals surface area (Å²) in [5.41, 5.74) is -0.896. The molecule has 1 amide bonds. The Balaban J connectivity index is 2.05. The van der Waals surface area contributed by atoms with Crippen molar-refractivity contribution < 1.29 is 28.0 Å². The predicted octanol–water partition coefficient (Wildman–Crippen LogP) is 2.98. The number of para-hydroxylation sites is 1. The van der Waals surface area contributed by atoms with E-state index in [2.05, 4.69) is 0 Å². The number of rotatable bonds is 5. The number of esters is 1. The Kier molecular flexibility index (Phi) is 5.38. The number of nitrogens with zero attached hydrogens (tertiary/aromatic N) is 1. The summed E-state index contributed by atoms with van der Waals surface area (Å²) < 4.78 is 31.1. The van der Waals surface area contributed by atoms with Crippen LogP contribution in [-0.2, 0) is 9.53 Å². The summed E-state index contributed by atoms with van der Waals surface area (Å²) in [7, 11) is 0. The Hall–Kier alpha value is -3.36. The van der Waals surface area contributed by atoms with E-state index in [4.69, 9.17) is 4.74 Å². The van der Waals surface area contributed by atoms with E-state index < -0.39 is 46.4 Å². The van der Waals surface area contributed by atoms with Gasteiger partial charge in [-0.1, -0.05) is 12.1 Å². The van der Waals surface area contributed by atoms with Gasteiger partial charge in [-0.15, -0.1) is 0 Å². The molecule has 0 atom stereocenters. The van der Waals surface area contributed by atoms with E-state index in [0.717, 1.165) is 18.2 Å². The van der Waals surface area contributed by atoms with Crippen molar-refractivity contribution in [3.05, 3.63) is 69.3 Å². The van der Waals surface area contributed by atoms with Crippen LogP contribution in [0.3, 0.4) is 0 Å². The average Bonchev–Trinajstić information content (AvgIpc) is 2.55. The highest BCUT2D eigenvalue weighted by atomic mass is 19.1. The minimum absolute atomic E-state index is 0.255. The van der Waals surface area contributed by atoms with Crippen LogP contribution in [0.1, 0.15) is 15.9 Å². The lowest BCUT2D eigenvalue weighted by Gasteiger charge is -2.08. The van der Waals surface area contributed by atoms with Gasteiger partial charge in [-0.25, -0.2) is 13.6 Å². The molecule has 0 saturated heterocycles. The third-order valence-corrected chi connectivity index (χ3v) is 3.18. The number of aryl methyl sites for hydroxylation is 1. The molecule has 0 bridgehead atoms. The summed E-state index contributed by atoms with van der Waals surface area (Å²) in [6.45, 7) is 0.633. The molecule has 0 unspecified atom stereocenters. The molecule has 0 aliphatic carbocycles. The van der Waals surface area contributed by atoms with Crippen LogP contribution in [-0.4, -0.2) is 23.4 Å². The van der Waals surface area contributed by atoms with Crippen LogP contribution < -0.4 is 5.32 Å². The van der Waals surface area contributed by atoms with E-state index in [1.807, 2.05) is 5.32 Å². The number of halogens is 2. The molecule has 7 nitrogen and oxygen atoms in total. The first-order valence-corrected chi connectivity index (χ1v) is 6.95. The molecule has 0 aromatic heterocycles. The fraction of sp³-hybridized carbons (Fsp3) is 0.125. The first-order valence-electron chi connectivity index (χ1n) is 6.95. The van der Waals surface area contributed by atoms with E-state index >= 15 is 0 Å². The van der Waals surface area contributed by atoms with Crippen LogP contribution in [0, 0.1) is 28.7 Å². The number of nitro benzene ring substituents is 1. The van der Waals surface area contributed by atoms with E-state index in [1.165, 1.54) is 25.1 Å². The maximum Gasteiger partial charge on any atom is 0.345 e. The summed E-state index contributed by atoms with van der Waals surface area (Å²) in [4.78, 5) is 34.0. The number of carbonyl (C=O) groups excluding carboxylic acids is 2. The van der Waals surface area contributed by atoms with Crippen molar-refractivity contribution in [3.8, 4) is 0 Å². The molecule has 2 aromatic rings. The van der Waals surface area contributed by atoms with Gasteiger partial charge in [0.15, 0.2) is 6.61 Å². The zero-order valence-corrected chi connectivity index (χ0v) is 12.9. The number of carbonyl (C=O) groups is 2. The summed E-state index contributed by atoms with van der Waals surface area (Å²) >= 11 is 0. The lowest BCUT2D eigenvalue weighted by atomic mass is 10.1. The molecule has 0 spiro atoms. The van der Waals surface area contributed by atoms with Crippen molar-refractivity contribution in [2.75, 3.05) is 11.9 Å². The largest absolute Gasteiger partial charge is 0.452 e. The van der Waals surface area contributed by atoms with E-state index in [1.54, 1.807) is 0 Å². The van der Waals surface area contributed by atoms with Gasteiger partial charge in [-0.3, -0.25) is 14.9 Å². The van der Waals surface area contributed by atoms with Gasteiger partial charge in [0, 0.05) is 11.6 Å². The third-order valence-electron chi connectivity index (χ3n) is 3.18. The number of amides is 1.